The number of phenols is 1. The minimum absolute atomic E-state index is 0.0100. The summed E-state index contributed by atoms with van der Waals surface area (Å²) in [5.41, 5.74) is 2.07. The third-order valence-electron chi connectivity index (χ3n) is 2.53. The second-order valence-electron chi connectivity index (χ2n) is 4.00. The van der Waals surface area contributed by atoms with Gasteiger partial charge in [-0.25, -0.2) is 0 Å². The van der Waals surface area contributed by atoms with Crippen molar-refractivity contribution in [1.29, 1.82) is 0 Å². The maximum Gasteiger partial charge on any atom is 0.189 e. The number of nitrogens with zero attached hydrogens (tertiary/aromatic N) is 1. The number of allylic oxidation sites excluding steroid dienone is 1. The van der Waals surface area contributed by atoms with E-state index in [1.807, 2.05) is 13.0 Å². The Morgan fingerprint density at radius 3 is 2.83 bits per heavy atom. The molecule has 18 heavy (non-hydrogen) atoms. The summed E-state index contributed by atoms with van der Waals surface area (Å²) >= 11 is 0. The summed E-state index contributed by atoms with van der Waals surface area (Å²) < 4.78 is 0. The van der Waals surface area contributed by atoms with Crippen molar-refractivity contribution in [2.45, 2.75) is 6.92 Å². The fourth-order valence-corrected chi connectivity index (χ4v) is 1.59. The first-order chi connectivity index (χ1) is 8.66. The zero-order valence-electron chi connectivity index (χ0n) is 10.00. The van der Waals surface area contributed by atoms with Crippen LogP contribution in [0.4, 0.5) is 0 Å². The number of aromatic hydroxyl groups is 1. The van der Waals surface area contributed by atoms with Gasteiger partial charge in [0.1, 0.15) is 5.75 Å². The van der Waals surface area contributed by atoms with Crippen molar-refractivity contribution in [2.24, 2.45) is 0 Å². The Labute approximate surface area is 105 Å². The van der Waals surface area contributed by atoms with Gasteiger partial charge in [0.05, 0.1) is 5.56 Å². The minimum Gasteiger partial charge on any atom is -0.507 e. The summed E-state index contributed by atoms with van der Waals surface area (Å²) in [6.45, 7) is 1.86. The van der Waals surface area contributed by atoms with Gasteiger partial charge in [-0.3, -0.25) is 9.78 Å². The zero-order valence-corrected chi connectivity index (χ0v) is 10.00. The van der Waals surface area contributed by atoms with Crippen LogP contribution in [0, 0.1) is 6.92 Å². The van der Waals surface area contributed by atoms with Crippen LogP contribution in [-0.4, -0.2) is 15.9 Å². The van der Waals surface area contributed by atoms with Crippen LogP contribution in [0.3, 0.4) is 0 Å². The second-order valence-corrected chi connectivity index (χ2v) is 4.00. The van der Waals surface area contributed by atoms with Crippen LogP contribution < -0.4 is 0 Å². The topological polar surface area (TPSA) is 50.2 Å². The predicted octanol–water partition coefficient (Wildman–Crippen LogP) is 2.99. The molecule has 3 heteroatoms. The summed E-state index contributed by atoms with van der Waals surface area (Å²) in [7, 11) is 0. The van der Waals surface area contributed by atoms with Crippen LogP contribution in [0.25, 0.3) is 6.08 Å². The van der Waals surface area contributed by atoms with Crippen molar-refractivity contribution >= 4 is 11.9 Å². The van der Waals surface area contributed by atoms with Gasteiger partial charge < -0.3 is 5.11 Å². The Morgan fingerprint density at radius 1 is 1.33 bits per heavy atom. The number of hydrogen-bond donors (Lipinski definition) is 1. The highest BCUT2D eigenvalue weighted by Gasteiger charge is 2.07. The van der Waals surface area contributed by atoms with Crippen LogP contribution in [0.2, 0.25) is 0 Å². The standard InChI is InChI=1S/C15H13NO2/c1-11-4-6-13(15(18)9-11)14(17)7-5-12-3-2-8-16-10-12/h2-10,18H,1H3/b7-5+. The lowest BCUT2D eigenvalue weighted by atomic mass is 10.1. The number of aryl methyl sites for hydroxylation is 1. The van der Waals surface area contributed by atoms with Crippen LogP contribution in [0.1, 0.15) is 21.5 Å². The van der Waals surface area contributed by atoms with Gasteiger partial charge in [0.15, 0.2) is 5.78 Å². The Kier molecular flexibility index (Phi) is 3.53. The molecule has 1 N–H and O–H groups in total. The molecule has 0 radical (unpaired) electrons. The molecule has 0 bridgehead atoms. The average Bonchev–Trinajstić information content (AvgIpc) is 2.37. The molecule has 1 aromatic carbocycles. The maximum absolute atomic E-state index is 11.9. The fourth-order valence-electron chi connectivity index (χ4n) is 1.59. The SMILES string of the molecule is Cc1ccc(C(=O)/C=C/c2cccnc2)c(O)c1. The van der Waals surface area contributed by atoms with Crippen LogP contribution >= 0.6 is 0 Å². The van der Waals surface area contributed by atoms with Gasteiger partial charge in [0.25, 0.3) is 0 Å². The van der Waals surface area contributed by atoms with E-state index in [1.54, 1.807) is 42.7 Å². The quantitative estimate of drug-likeness (QED) is 0.661. The second kappa shape index (κ2) is 5.27. The van der Waals surface area contributed by atoms with E-state index >= 15 is 0 Å². The number of ketones is 1. The Bertz CT molecular complexity index is 589. The number of benzene rings is 1. The number of hydrogen-bond acceptors (Lipinski definition) is 3. The highest BCUT2D eigenvalue weighted by Crippen LogP contribution is 2.19. The summed E-state index contributed by atoms with van der Waals surface area (Å²) in [5.74, 6) is -0.216. The largest absolute Gasteiger partial charge is 0.507 e. The average molecular weight is 239 g/mol. The Balaban J connectivity index is 2.20. The maximum atomic E-state index is 11.9. The lowest BCUT2D eigenvalue weighted by molar-refractivity contribution is 0.104. The normalized spacial score (nSPS) is 10.7. The van der Waals surface area contributed by atoms with Crippen molar-refractivity contribution < 1.29 is 9.90 Å². The molecular weight excluding hydrogens is 226 g/mol. The smallest absolute Gasteiger partial charge is 0.189 e. The predicted molar refractivity (Wildman–Crippen MR) is 70.4 cm³/mol. The van der Waals surface area contributed by atoms with Crippen molar-refractivity contribution in [1.82, 2.24) is 4.98 Å². The molecule has 0 amide bonds. The molecule has 0 saturated carbocycles. The Hall–Kier alpha value is -2.42. The molecule has 0 spiro atoms. The number of rotatable bonds is 3. The molecular formula is C15H13NO2. The third kappa shape index (κ3) is 2.83. The van der Waals surface area contributed by atoms with Crippen LogP contribution in [-0.2, 0) is 0 Å². The van der Waals surface area contributed by atoms with Gasteiger partial charge in [0, 0.05) is 12.4 Å². The van der Waals surface area contributed by atoms with Gasteiger partial charge in [-0.05, 0) is 48.4 Å². The number of carbonyl (C=O) groups excluding carboxylic acids is 1. The van der Waals surface area contributed by atoms with Crippen molar-refractivity contribution in [3.63, 3.8) is 0 Å². The van der Waals surface area contributed by atoms with E-state index in [0.717, 1.165) is 11.1 Å². The highest BCUT2D eigenvalue weighted by atomic mass is 16.3. The first kappa shape index (κ1) is 12.0. The summed E-state index contributed by atoms with van der Waals surface area (Å²) in [4.78, 5) is 15.8. The molecule has 3 nitrogen and oxygen atoms in total. The molecule has 0 aliphatic heterocycles. The number of aromatic nitrogens is 1. The van der Waals surface area contributed by atoms with E-state index in [9.17, 15) is 9.90 Å². The molecule has 0 fully saturated rings. The molecule has 0 atom stereocenters. The van der Waals surface area contributed by atoms with Gasteiger partial charge in [-0.15, -0.1) is 0 Å². The van der Waals surface area contributed by atoms with Gasteiger partial charge in [-0.2, -0.15) is 0 Å². The monoisotopic (exact) mass is 239 g/mol. The van der Waals surface area contributed by atoms with Crippen LogP contribution in [0.5, 0.6) is 5.75 Å². The minimum atomic E-state index is -0.226. The molecule has 2 aromatic rings. The number of pyridine rings is 1. The van der Waals surface area contributed by atoms with E-state index < -0.39 is 0 Å². The molecule has 1 heterocycles. The highest BCUT2D eigenvalue weighted by molar-refractivity contribution is 6.08. The summed E-state index contributed by atoms with van der Waals surface area (Å²) in [5, 5.41) is 9.69. The van der Waals surface area contributed by atoms with Crippen molar-refractivity contribution in [2.75, 3.05) is 0 Å². The molecule has 0 unspecified atom stereocenters. The molecule has 0 saturated heterocycles. The van der Waals surface area contributed by atoms with E-state index in [-0.39, 0.29) is 11.5 Å². The first-order valence-corrected chi connectivity index (χ1v) is 5.59. The molecule has 90 valence electrons. The lowest BCUT2D eigenvalue weighted by Gasteiger charge is -2.01. The van der Waals surface area contributed by atoms with Gasteiger partial charge >= 0.3 is 0 Å². The van der Waals surface area contributed by atoms with E-state index in [4.69, 9.17) is 0 Å². The molecule has 2 rings (SSSR count). The third-order valence-corrected chi connectivity index (χ3v) is 2.53. The van der Waals surface area contributed by atoms with Crippen LogP contribution in [0.15, 0.2) is 48.8 Å². The number of phenolic OH excluding ortho intramolecular Hbond substituents is 1. The summed E-state index contributed by atoms with van der Waals surface area (Å²) in [6.07, 6.45) is 6.44. The summed E-state index contributed by atoms with van der Waals surface area (Å²) in [6, 6.07) is 8.65. The fraction of sp³-hybridized carbons (Fsp3) is 0.0667. The van der Waals surface area contributed by atoms with Crippen molar-refractivity contribution in [3.8, 4) is 5.75 Å². The lowest BCUT2D eigenvalue weighted by Crippen LogP contribution is -1.95. The molecule has 0 aliphatic rings. The van der Waals surface area contributed by atoms with Crippen molar-refractivity contribution in [3.05, 3.63) is 65.5 Å². The van der Waals surface area contributed by atoms with Gasteiger partial charge in [0.2, 0.25) is 0 Å². The molecule has 1 aromatic heterocycles. The van der Waals surface area contributed by atoms with E-state index in [0.29, 0.717) is 5.56 Å². The molecule has 0 aliphatic carbocycles. The Morgan fingerprint density at radius 2 is 2.17 bits per heavy atom. The first-order valence-electron chi connectivity index (χ1n) is 5.59. The zero-order chi connectivity index (χ0) is 13.0. The van der Waals surface area contributed by atoms with E-state index in [1.165, 1.54) is 6.08 Å². The van der Waals surface area contributed by atoms with E-state index in [2.05, 4.69) is 4.98 Å². The number of carbonyl (C=O) groups is 1. The van der Waals surface area contributed by atoms with Gasteiger partial charge in [-0.1, -0.05) is 12.1 Å².